The molecule has 1 N–H and O–H groups in total. The van der Waals surface area contributed by atoms with Gasteiger partial charge < -0.3 is 14.7 Å². The summed E-state index contributed by atoms with van der Waals surface area (Å²) >= 11 is 0. The summed E-state index contributed by atoms with van der Waals surface area (Å²) in [5.74, 6) is -1.87. The number of carbonyl (C=O) groups excluding carboxylic acids is 2. The second-order valence-corrected chi connectivity index (χ2v) is 7.25. The van der Waals surface area contributed by atoms with Crippen LogP contribution < -0.4 is 5.32 Å². The molecule has 2 amide bonds. The van der Waals surface area contributed by atoms with Gasteiger partial charge in [-0.3, -0.25) is 9.59 Å². The van der Waals surface area contributed by atoms with Crippen LogP contribution in [0.25, 0.3) is 11.3 Å². The Hall–Kier alpha value is -2.77. The van der Waals surface area contributed by atoms with E-state index in [-0.39, 0.29) is 34.9 Å². The summed E-state index contributed by atoms with van der Waals surface area (Å²) in [7, 11) is 0. The van der Waals surface area contributed by atoms with E-state index in [0.717, 1.165) is 18.2 Å². The number of nitrogens with zero attached hydrogens (tertiary/aromatic N) is 2. The van der Waals surface area contributed by atoms with Gasteiger partial charge in [-0.05, 0) is 31.4 Å². The number of hydrogen-bond donors (Lipinski definition) is 1. The first-order chi connectivity index (χ1) is 12.7. The number of hydrogen-bond acceptors (Lipinski definition) is 4. The largest absolute Gasteiger partial charge is 0.355 e. The number of amides is 2. The molecule has 1 aromatic heterocycles. The monoisotopic (exact) mass is 377 g/mol. The van der Waals surface area contributed by atoms with E-state index in [1.54, 1.807) is 0 Å². The van der Waals surface area contributed by atoms with Gasteiger partial charge in [0.15, 0.2) is 11.5 Å². The van der Waals surface area contributed by atoms with Crippen LogP contribution in [0.1, 0.15) is 37.7 Å². The number of nitrogens with one attached hydrogen (secondary N) is 1. The van der Waals surface area contributed by atoms with Crippen molar-refractivity contribution >= 4 is 11.8 Å². The van der Waals surface area contributed by atoms with Gasteiger partial charge in [-0.15, -0.1) is 0 Å². The highest BCUT2D eigenvalue weighted by atomic mass is 19.1. The lowest BCUT2D eigenvalue weighted by Crippen LogP contribution is -2.61. The van der Waals surface area contributed by atoms with Crippen LogP contribution >= 0.6 is 0 Å². The molecule has 2 aromatic rings. The fourth-order valence-electron chi connectivity index (χ4n) is 3.21. The van der Waals surface area contributed by atoms with Crippen molar-refractivity contribution in [3.05, 3.63) is 41.6 Å². The Bertz CT molecular complexity index is 845. The number of benzene rings is 1. The standard InChI is InChI=1S/C19H21F2N3O3/c1-10(2)4-16-18(25)22-11(3)9-24(16)19(26)15-8-17(27-23-15)12-5-13(20)7-14(21)6-12/h5-8,10-11,16H,4,9H2,1-3H3,(H,22,25). The highest BCUT2D eigenvalue weighted by Crippen LogP contribution is 2.25. The van der Waals surface area contributed by atoms with E-state index in [4.69, 9.17) is 4.52 Å². The summed E-state index contributed by atoms with van der Waals surface area (Å²) in [6.07, 6.45) is 0.518. The van der Waals surface area contributed by atoms with Crippen molar-refractivity contribution in [3.8, 4) is 11.3 Å². The average Bonchev–Trinajstić information content (AvgIpc) is 3.05. The summed E-state index contributed by atoms with van der Waals surface area (Å²) in [4.78, 5) is 26.8. The second kappa shape index (κ2) is 7.46. The van der Waals surface area contributed by atoms with Gasteiger partial charge in [0.05, 0.1) is 0 Å². The van der Waals surface area contributed by atoms with Gasteiger partial charge in [-0.2, -0.15) is 0 Å². The minimum Gasteiger partial charge on any atom is -0.355 e. The molecule has 1 aromatic carbocycles. The molecule has 2 unspecified atom stereocenters. The van der Waals surface area contributed by atoms with Gasteiger partial charge in [-0.25, -0.2) is 8.78 Å². The van der Waals surface area contributed by atoms with Crippen LogP contribution in [0.5, 0.6) is 0 Å². The molecule has 2 atom stereocenters. The number of carbonyl (C=O) groups is 2. The fourth-order valence-corrected chi connectivity index (χ4v) is 3.21. The van der Waals surface area contributed by atoms with Crippen molar-refractivity contribution in [3.63, 3.8) is 0 Å². The maximum Gasteiger partial charge on any atom is 0.276 e. The number of halogens is 2. The number of aromatic nitrogens is 1. The third kappa shape index (κ3) is 4.15. The van der Waals surface area contributed by atoms with Gasteiger partial charge in [-0.1, -0.05) is 19.0 Å². The minimum absolute atomic E-state index is 0.00896. The molecule has 3 rings (SSSR count). The first kappa shape index (κ1) is 19.0. The molecular weight excluding hydrogens is 356 g/mol. The molecule has 8 heteroatoms. The molecular formula is C19H21F2N3O3. The summed E-state index contributed by atoms with van der Waals surface area (Å²) in [5, 5.41) is 6.60. The van der Waals surface area contributed by atoms with Crippen LogP contribution in [0.2, 0.25) is 0 Å². The van der Waals surface area contributed by atoms with Crippen LogP contribution in [0.15, 0.2) is 28.8 Å². The molecule has 0 radical (unpaired) electrons. The lowest BCUT2D eigenvalue weighted by molar-refractivity contribution is -0.129. The van der Waals surface area contributed by atoms with Gasteiger partial charge in [0.1, 0.15) is 17.7 Å². The lowest BCUT2D eigenvalue weighted by Gasteiger charge is -2.38. The summed E-state index contributed by atoms with van der Waals surface area (Å²) in [6.45, 7) is 6.10. The highest BCUT2D eigenvalue weighted by molar-refractivity contribution is 5.97. The molecule has 144 valence electrons. The second-order valence-electron chi connectivity index (χ2n) is 7.25. The maximum absolute atomic E-state index is 13.4. The topological polar surface area (TPSA) is 75.4 Å². The van der Waals surface area contributed by atoms with E-state index >= 15 is 0 Å². The molecule has 1 fully saturated rings. The Kier molecular flexibility index (Phi) is 5.25. The Labute approximate surface area is 155 Å². The van der Waals surface area contributed by atoms with Crippen molar-refractivity contribution in [1.29, 1.82) is 0 Å². The van der Waals surface area contributed by atoms with Crippen LogP contribution in [0.4, 0.5) is 8.78 Å². The zero-order chi connectivity index (χ0) is 19.7. The zero-order valence-corrected chi connectivity index (χ0v) is 15.3. The van der Waals surface area contributed by atoms with Crippen LogP contribution in [-0.2, 0) is 4.79 Å². The van der Waals surface area contributed by atoms with Gasteiger partial charge in [0.25, 0.3) is 5.91 Å². The first-order valence-corrected chi connectivity index (χ1v) is 8.79. The third-order valence-corrected chi connectivity index (χ3v) is 4.37. The Morgan fingerprint density at radius 1 is 1.30 bits per heavy atom. The fraction of sp³-hybridized carbons (Fsp3) is 0.421. The highest BCUT2D eigenvalue weighted by Gasteiger charge is 2.37. The molecule has 0 spiro atoms. The molecule has 1 aliphatic rings. The van der Waals surface area contributed by atoms with Crippen molar-refractivity contribution in [2.75, 3.05) is 6.54 Å². The molecule has 27 heavy (non-hydrogen) atoms. The molecule has 1 saturated heterocycles. The number of piperazine rings is 1. The van der Waals surface area contributed by atoms with Crippen molar-refractivity contribution in [2.24, 2.45) is 5.92 Å². The summed E-state index contributed by atoms with van der Waals surface area (Å²) in [5.41, 5.74) is 0.132. The van der Waals surface area contributed by atoms with Crippen molar-refractivity contribution < 1.29 is 22.9 Å². The first-order valence-electron chi connectivity index (χ1n) is 8.79. The molecule has 0 bridgehead atoms. The molecule has 1 aliphatic heterocycles. The summed E-state index contributed by atoms with van der Waals surface area (Å²) < 4.78 is 31.9. The van der Waals surface area contributed by atoms with Gasteiger partial charge in [0, 0.05) is 30.3 Å². The SMILES string of the molecule is CC(C)CC1C(=O)NC(C)CN1C(=O)c1cc(-c2cc(F)cc(F)c2)on1. The predicted molar refractivity (Wildman–Crippen MR) is 93.7 cm³/mol. The molecule has 6 nitrogen and oxygen atoms in total. The van der Waals surface area contributed by atoms with Crippen molar-refractivity contribution in [2.45, 2.75) is 39.3 Å². The van der Waals surface area contributed by atoms with Crippen LogP contribution in [-0.4, -0.2) is 40.5 Å². The Morgan fingerprint density at radius 2 is 1.96 bits per heavy atom. The van der Waals surface area contributed by atoms with E-state index in [9.17, 15) is 18.4 Å². The number of rotatable bonds is 4. The predicted octanol–water partition coefficient (Wildman–Crippen LogP) is 3.00. The Morgan fingerprint density at radius 3 is 2.59 bits per heavy atom. The maximum atomic E-state index is 13.4. The average molecular weight is 377 g/mol. The van der Waals surface area contributed by atoms with Crippen LogP contribution in [0.3, 0.4) is 0 Å². The van der Waals surface area contributed by atoms with Crippen LogP contribution in [0, 0.1) is 17.6 Å². The lowest BCUT2D eigenvalue weighted by atomic mass is 9.98. The quantitative estimate of drug-likeness (QED) is 0.889. The molecule has 0 aliphatic carbocycles. The van der Waals surface area contributed by atoms with E-state index in [2.05, 4.69) is 10.5 Å². The Balaban J connectivity index is 1.88. The minimum atomic E-state index is -0.757. The van der Waals surface area contributed by atoms with E-state index in [1.165, 1.54) is 11.0 Å². The summed E-state index contributed by atoms with van der Waals surface area (Å²) in [6, 6.07) is 3.48. The molecule has 2 heterocycles. The van der Waals surface area contributed by atoms with E-state index in [0.29, 0.717) is 13.0 Å². The third-order valence-electron chi connectivity index (χ3n) is 4.37. The molecule has 0 saturated carbocycles. The normalized spacial score (nSPS) is 20.1. The van der Waals surface area contributed by atoms with E-state index < -0.39 is 23.6 Å². The zero-order valence-electron chi connectivity index (χ0n) is 15.3. The van der Waals surface area contributed by atoms with E-state index in [1.807, 2.05) is 20.8 Å². The van der Waals surface area contributed by atoms with Crippen molar-refractivity contribution in [1.82, 2.24) is 15.4 Å². The van der Waals surface area contributed by atoms with Gasteiger partial charge in [0.2, 0.25) is 5.91 Å². The smallest absolute Gasteiger partial charge is 0.276 e. The van der Waals surface area contributed by atoms with Gasteiger partial charge >= 0.3 is 0 Å².